The molecule has 0 aromatic heterocycles. The van der Waals surface area contributed by atoms with Crippen molar-refractivity contribution in [2.45, 2.75) is 32.8 Å². The molecule has 0 heterocycles. The Morgan fingerprint density at radius 3 is 2.73 bits per heavy atom. The fourth-order valence-corrected chi connectivity index (χ4v) is 3.01. The largest absolute Gasteiger partial charge is 0.466 e. The molecule has 0 spiro atoms. The molecule has 3 saturated carbocycles. The van der Waals surface area contributed by atoms with E-state index in [1.807, 2.05) is 0 Å². The average molecular weight is 210 g/mol. The highest BCUT2D eigenvalue weighted by Crippen LogP contribution is 2.61. The van der Waals surface area contributed by atoms with Crippen molar-refractivity contribution in [1.82, 2.24) is 0 Å². The van der Waals surface area contributed by atoms with Gasteiger partial charge >= 0.3 is 5.97 Å². The third-order valence-electron chi connectivity index (χ3n) is 4.25. The van der Waals surface area contributed by atoms with E-state index in [0.29, 0.717) is 11.8 Å². The van der Waals surface area contributed by atoms with Gasteiger partial charge in [-0.1, -0.05) is 13.8 Å². The number of carbonyl (C=O) groups is 1. The highest BCUT2D eigenvalue weighted by molar-refractivity contribution is 5.83. The maximum absolute atomic E-state index is 11.2. The summed E-state index contributed by atoms with van der Waals surface area (Å²) < 4.78 is 4.61. The van der Waals surface area contributed by atoms with Gasteiger partial charge in [-0.05, 0) is 35.7 Å². The second kappa shape index (κ2) is 3.34. The summed E-state index contributed by atoms with van der Waals surface area (Å²) in [6.45, 7) is 4.42. The van der Waals surface area contributed by atoms with Crippen LogP contribution in [0.4, 0.5) is 0 Å². The Morgan fingerprint density at radius 1 is 1.53 bits per heavy atom. The maximum atomic E-state index is 11.2. The summed E-state index contributed by atoms with van der Waals surface area (Å²) in [5.74, 6) is 0.600. The van der Waals surface area contributed by atoms with E-state index in [1.54, 1.807) is 0 Å². The van der Waals surface area contributed by atoms with Crippen molar-refractivity contribution >= 4 is 5.97 Å². The van der Waals surface area contributed by atoms with Crippen LogP contribution in [-0.2, 0) is 9.53 Å². The summed E-state index contributed by atoms with van der Waals surface area (Å²) in [6, 6.07) is 0. The van der Waals surface area contributed by atoms with Crippen molar-refractivity contribution in [1.29, 1.82) is 0 Å². The Hall–Kier alpha value is -0.830. The molecule has 3 fully saturated rings. The molecule has 0 aromatic carbocycles. The summed E-state index contributed by atoms with van der Waals surface area (Å²) >= 11 is 0. The number of methoxy groups -OCH3 is 1. The lowest BCUT2D eigenvalue weighted by atomic mass is 9.46. The second-order valence-electron chi connectivity index (χ2n) is 5.23. The molecule has 3 heteroatoms. The first-order valence-corrected chi connectivity index (χ1v) is 5.44. The molecule has 3 aliphatic rings. The third kappa shape index (κ3) is 1.49. The van der Waals surface area contributed by atoms with E-state index in [4.69, 9.17) is 0 Å². The number of fused-ring (bicyclic) bond motifs is 2. The van der Waals surface area contributed by atoms with Crippen LogP contribution in [0.25, 0.3) is 0 Å². The smallest absolute Gasteiger partial charge is 0.330 e. The third-order valence-corrected chi connectivity index (χ3v) is 4.25. The number of aliphatic hydroxyl groups is 1. The van der Waals surface area contributed by atoms with E-state index >= 15 is 0 Å². The number of hydrogen-bond acceptors (Lipinski definition) is 3. The first-order chi connectivity index (χ1) is 6.96. The van der Waals surface area contributed by atoms with Gasteiger partial charge in [-0.15, -0.1) is 0 Å². The van der Waals surface area contributed by atoms with E-state index in [0.717, 1.165) is 18.4 Å². The molecule has 3 atom stereocenters. The summed E-state index contributed by atoms with van der Waals surface area (Å²) in [5.41, 5.74) is 1.10. The zero-order valence-electron chi connectivity index (χ0n) is 9.49. The van der Waals surface area contributed by atoms with Crippen LogP contribution in [0.5, 0.6) is 0 Å². The maximum Gasteiger partial charge on any atom is 0.330 e. The predicted octanol–water partition coefficient (Wildman–Crippen LogP) is 1.51. The Kier molecular flexibility index (Phi) is 2.38. The summed E-state index contributed by atoms with van der Waals surface area (Å²) in [5, 5.41) is 9.87. The normalized spacial score (nSPS) is 39.7. The van der Waals surface area contributed by atoms with Crippen LogP contribution in [0, 0.1) is 17.3 Å². The molecule has 15 heavy (non-hydrogen) atoms. The van der Waals surface area contributed by atoms with Gasteiger partial charge in [-0.3, -0.25) is 0 Å². The molecule has 0 saturated heterocycles. The molecule has 0 aromatic rings. The van der Waals surface area contributed by atoms with E-state index in [2.05, 4.69) is 18.6 Å². The van der Waals surface area contributed by atoms with E-state index in [9.17, 15) is 9.90 Å². The Balaban J connectivity index is 2.23. The van der Waals surface area contributed by atoms with Gasteiger partial charge in [0.15, 0.2) is 0 Å². The van der Waals surface area contributed by atoms with E-state index < -0.39 is 6.10 Å². The van der Waals surface area contributed by atoms with Gasteiger partial charge in [0.2, 0.25) is 0 Å². The molecule has 3 aliphatic carbocycles. The monoisotopic (exact) mass is 210 g/mol. The lowest BCUT2D eigenvalue weighted by molar-refractivity contribution is -0.135. The van der Waals surface area contributed by atoms with Crippen LogP contribution in [0.3, 0.4) is 0 Å². The summed E-state index contributed by atoms with van der Waals surface area (Å²) in [6.07, 6.45) is 2.92. The van der Waals surface area contributed by atoms with Gasteiger partial charge in [0.05, 0.1) is 13.2 Å². The number of ether oxygens (including phenoxy) is 1. The number of esters is 1. The van der Waals surface area contributed by atoms with Gasteiger partial charge in [0.1, 0.15) is 0 Å². The first kappa shape index (κ1) is 10.7. The Bertz CT molecular complexity index is 317. The van der Waals surface area contributed by atoms with Gasteiger partial charge in [-0.2, -0.15) is 0 Å². The van der Waals surface area contributed by atoms with Crippen LogP contribution in [0.1, 0.15) is 26.7 Å². The molecular weight excluding hydrogens is 192 g/mol. The fraction of sp³-hybridized carbons (Fsp3) is 0.750. The van der Waals surface area contributed by atoms with E-state index in [-0.39, 0.29) is 11.4 Å². The highest BCUT2D eigenvalue weighted by Gasteiger charge is 2.55. The minimum Gasteiger partial charge on any atom is -0.466 e. The second-order valence-corrected chi connectivity index (χ2v) is 5.23. The van der Waals surface area contributed by atoms with Gasteiger partial charge in [-0.25, -0.2) is 4.79 Å². The quantitative estimate of drug-likeness (QED) is 0.527. The van der Waals surface area contributed by atoms with Crippen molar-refractivity contribution < 1.29 is 14.6 Å². The molecular formula is C12H18O3. The van der Waals surface area contributed by atoms with Crippen LogP contribution >= 0.6 is 0 Å². The van der Waals surface area contributed by atoms with Crippen LogP contribution in [-0.4, -0.2) is 24.3 Å². The van der Waals surface area contributed by atoms with Crippen molar-refractivity contribution in [3.8, 4) is 0 Å². The minimum absolute atomic E-state index is 0.235. The number of hydrogen-bond donors (Lipinski definition) is 1. The molecule has 0 radical (unpaired) electrons. The van der Waals surface area contributed by atoms with Crippen molar-refractivity contribution in [3.63, 3.8) is 0 Å². The van der Waals surface area contributed by atoms with Crippen molar-refractivity contribution in [2.75, 3.05) is 7.11 Å². The van der Waals surface area contributed by atoms with Gasteiger partial charge in [0, 0.05) is 6.08 Å². The molecule has 3 nitrogen and oxygen atoms in total. The lowest BCUT2D eigenvalue weighted by Crippen LogP contribution is -2.53. The summed E-state index contributed by atoms with van der Waals surface area (Å²) in [4.78, 5) is 11.2. The van der Waals surface area contributed by atoms with Crippen molar-refractivity contribution in [3.05, 3.63) is 11.6 Å². The Morgan fingerprint density at radius 2 is 2.20 bits per heavy atom. The molecule has 84 valence electrons. The van der Waals surface area contributed by atoms with Gasteiger partial charge in [0.25, 0.3) is 0 Å². The van der Waals surface area contributed by atoms with E-state index in [1.165, 1.54) is 13.2 Å². The first-order valence-electron chi connectivity index (χ1n) is 5.44. The SMILES string of the molecule is COC(=O)/C=C1/[C@@H](O)C[C@H]2C[C@@H]1C2(C)C. The zero-order valence-corrected chi connectivity index (χ0v) is 9.49. The molecule has 0 unspecified atom stereocenters. The zero-order chi connectivity index (χ0) is 11.2. The minimum atomic E-state index is -0.444. The van der Waals surface area contributed by atoms with Crippen LogP contribution in [0.15, 0.2) is 11.6 Å². The average Bonchev–Trinajstić information content (AvgIpc) is 2.19. The standard InChI is InChI=1S/C12H18O3/c1-12(2)7-4-9(12)8(10(13)5-7)6-11(14)15-3/h6-7,9-10,13H,4-5H2,1-3H3/b8-6+/t7-,9+,10+/m1/s1. The molecule has 0 amide bonds. The van der Waals surface area contributed by atoms with Crippen LogP contribution < -0.4 is 0 Å². The predicted molar refractivity (Wildman–Crippen MR) is 56.1 cm³/mol. The fourth-order valence-electron chi connectivity index (χ4n) is 3.01. The number of rotatable bonds is 1. The lowest BCUT2D eigenvalue weighted by Gasteiger charge is -2.59. The van der Waals surface area contributed by atoms with Gasteiger partial charge < -0.3 is 9.84 Å². The molecule has 2 bridgehead atoms. The topological polar surface area (TPSA) is 46.5 Å². The number of aliphatic hydroxyl groups excluding tert-OH is 1. The Labute approximate surface area is 90.1 Å². The highest BCUT2D eigenvalue weighted by atomic mass is 16.5. The summed E-state index contributed by atoms with van der Waals surface area (Å²) in [7, 11) is 1.36. The molecule has 3 rings (SSSR count). The van der Waals surface area contributed by atoms with Crippen LogP contribution in [0.2, 0.25) is 0 Å². The molecule has 1 N–H and O–H groups in total. The number of carbonyl (C=O) groups excluding carboxylic acids is 1. The molecule has 0 aliphatic heterocycles. The van der Waals surface area contributed by atoms with Crippen molar-refractivity contribution in [2.24, 2.45) is 17.3 Å².